The van der Waals surface area contributed by atoms with E-state index in [4.69, 9.17) is 16.3 Å². The lowest BCUT2D eigenvalue weighted by Crippen LogP contribution is -2.46. The van der Waals surface area contributed by atoms with Crippen LogP contribution in [0.3, 0.4) is 0 Å². The van der Waals surface area contributed by atoms with Gasteiger partial charge in [0.05, 0.1) is 24.8 Å². The molecule has 1 aliphatic heterocycles. The molecule has 2 heterocycles. The molecule has 0 amide bonds. The Morgan fingerprint density at radius 2 is 2.14 bits per heavy atom. The number of anilines is 1. The molecule has 6 heteroatoms. The molecular formula is C15H22ClN3O2. The standard InChI is InChI=1S/C15H22ClN3O2/c1-11(2)21-8-7-19-14-17-12(16)9-13(20)18(14)10-15(19)5-3-4-6-15/h9,11H,3-8,10H2,1-2H3. The van der Waals surface area contributed by atoms with Crippen LogP contribution >= 0.6 is 11.6 Å². The molecule has 5 nitrogen and oxygen atoms in total. The normalized spacial score (nSPS) is 19.7. The van der Waals surface area contributed by atoms with Crippen LogP contribution in [0, 0.1) is 0 Å². The first-order chi connectivity index (χ1) is 10.0. The molecule has 0 radical (unpaired) electrons. The Morgan fingerprint density at radius 1 is 1.43 bits per heavy atom. The topological polar surface area (TPSA) is 47.4 Å². The molecule has 0 atom stereocenters. The van der Waals surface area contributed by atoms with Gasteiger partial charge >= 0.3 is 0 Å². The third kappa shape index (κ3) is 2.69. The monoisotopic (exact) mass is 311 g/mol. The summed E-state index contributed by atoms with van der Waals surface area (Å²) in [4.78, 5) is 18.9. The van der Waals surface area contributed by atoms with E-state index in [0.717, 1.165) is 25.9 Å². The predicted molar refractivity (Wildman–Crippen MR) is 83.1 cm³/mol. The molecule has 0 aromatic carbocycles. The Labute approximate surface area is 129 Å². The number of aromatic nitrogens is 2. The van der Waals surface area contributed by atoms with Crippen molar-refractivity contribution in [3.05, 3.63) is 21.6 Å². The summed E-state index contributed by atoms with van der Waals surface area (Å²) in [5, 5.41) is 0.274. The quantitative estimate of drug-likeness (QED) is 0.801. The fourth-order valence-electron chi connectivity index (χ4n) is 3.59. The van der Waals surface area contributed by atoms with E-state index in [1.807, 2.05) is 13.8 Å². The molecule has 21 heavy (non-hydrogen) atoms. The van der Waals surface area contributed by atoms with Crippen LogP contribution in [0.5, 0.6) is 0 Å². The lowest BCUT2D eigenvalue weighted by molar-refractivity contribution is 0.0815. The summed E-state index contributed by atoms with van der Waals surface area (Å²) in [7, 11) is 0. The van der Waals surface area contributed by atoms with Crippen LogP contribution in [-0.2, 0) is 11.3 Å². The summed E-state index contributed by atoms with van der Waals surface area (Å²) >= 11 is 5.99. The van der Waals surface area contributed by atoms with E-state index in [-0.39, 0.29) is 22.4 Å². The Hall–Kier alpha value is -1.07. The summed E-state index contributed by atoms with van der Waals surface area (Å²) in [6, 6.07) is 1.40. The number of rotatable bonds is 4. The van der Waals surface area contributed by atoms with Gasteiger partial charge in [0, 0.05) is 12.6 Å². The molecule has 0 saturated heterocycles. The minimum Gasteiger partial charge on any atom is -0.377 e. The second kappa shape index (κ2) is 5.61. The molecule has 1 spiro atoms. The highest BCUT2D eigenvalue weighted by atomic mass is 35.5. The first-order valence-corrected chi connectivity index (χ1v) is 8.06. The van der Waals surface area contributed by atoms with Crippen molar-refractivity contribution in [1.82, 2.24) is 9.55 Å². The van der Waals surface area contributed by atoms with Crippen LogP contribution in [0.15, 0.2) is 10.9 Å². The van der Waals surface area contributed by atoms with Gasteiger partial charge in [-0.1, -0.05) is 24.4 Å². The van der Waals surface area contributed by atoms with Crippen LogP contribution in [0.2, 0.25) is 5.15 Å². The van der Waals surface area contributed by atoms with E-state index in [1.165, 1.54) is 18.9 Å². The number of halogens is 1. The van der Waals surface area contributed by atoms with Crippen molar-refractivity contribution in [3.63, 3.8) is 0 Å². The van der Waals surface area contributed by atoms with Gasteiger partial charge in [-0.2, -0.15) is 0 Å². The molecule has 116 valence electrons. The zero-order valence-corrected chi connectivity index (χ0v) is 13.4. The minimum absolute atomic E-state index is 0.0319. The molecule has 0 unspecified atom stereocenters. The largest absolute Gasteiger partial charge is 0.377 e. The lowest BCUT2D eigenvalue weighted by atomic mass is 9.97. The zero-order chi connectivity index (χ0) is 15.0. The fraction of sp³-hybridized carbons (Fsp3) is 0.733. The third-order valence-corrected chi connectivity index (χ3v) is 4.72. The van der Waals surface area contributed by atoms with Crippen molar-refractivity contribution in [2.45, 2.75) is 57.7 Å². The number of fused-ring (bicyclic) bond motifs is 1. The SMILES string of the molecule is CC(C)OCCN1c2nc(Cl)cc(=O)n2CC12CCCC2. The third-order valence-electron chi connectivity index (χ3n) is 4.52. The Morgan fingerprint density at radius 3 is 2.81 bits per heavy atom. The van der Waals surface area contributed by atoms with Gasteiger partial charge in [-0.05, 0) is 26.7 Å². The zero-order valence-electron chi connectivity index (χ0n) is 12.6. The highest BCUT2D eigenvalue weighted by molar-refractivity contribution is 6.29. The molecule has 0 N–H and O–H groups in total. The van der Waals surface area contributed by atoms with E-state index in [2.05, 4.69) is 9.88 Å². The smallest absolute Gasteiger partial charge is 0.256 e. The van der Waals surface area contributed by atoms with E-state index in [9.17, 15) is 4.79 Å². The van der Waals surface area contributed by atoms with Crippen LogP contribution in [0.4, 0.5) is 5.95 Å². The van der Waals surface area contributed by atoms with Crippen molar-refractivity contribution in [1.29, 1.82) is 0 Å². The van der Waals surface area contributed by atoms with Gasteiger partial charge in [0.15, 0.2) is 0 Å². The van der Waals surface area contributed by atoms with Gasteiger partial charge in [0.1, 0.15) is 5.15 Å². The Balaban J connectivity index is 1.91. The second-order valence-corrected chi connectivity index (χ2v) is 6.69. The van der Waals surface area contributed by atoms with Crippen molar-refractivity contribution < 1.29 is 4.74 Å². The Kier molecular flexibility index (Phi) is 3.97. The molecule has 1 fully saturated rings. The average molecular weight is 312 g/mol. The first-order valence-electron chi connectivity index (χ1n) is 7.68. The average Bonchev–Trinajstić information content (AvgIpc) is 2.98. The van der Waals surface area contributed by atoms with Gasteiger partial charge in [0.25, 0.3) is 5.56 Å². The molecule has 1 aromatic rings. The van der Waals surface area contributed by atoms with Gasteiger partial charge in [-0.3, -0.25) is 9.36 Å². The van der Waals surface area contributed by atoms with E-state index < -0.39 is 0 Å². The first kappa shape index (κ1) is 14.9. The summed E-state index contributed by atoms with van der Waals surface area (Å²) < 4.78 is 7.46. The fourth-order valence-corrected chi connectivity index (χ4v) is 3.76. The number of hydrogen-bond donors (Lipinski definition) is 0. The van der Waals surface area contributed by atoms with Gasteiger partial charge in [-0.25, -0.2) is 4.98 Å². The van der Waals surface area contributed by atoms with Crippen LogP contribution in [0.1, 0.15) is 39.5 Å². The van der Waals surface area contributed by atoms with Crippen molar-refractivity contribution >= 4 is 17.5 Å². The maximum absolute atomic E-state index is 12.2. The molecular weight excluding hydrogens is 290 g/mol. The summed E-state index contributed by atoms with van der Waals surface area (Å²) in [6.07, 6.45) is 4.84. The predicted octanol–water partition coefficient (Wildman–Crippen LogP) is 2.45. The molecule has 1 aliphatic carbocycles. The van der Waals surface area contributed by atoms with Crippen LogP contribution in [-0.4, -0.2) is 34.3 Å². The summed E-state index contributed by atoms with van der Waals surface area (Å²) in [5.41, 5.74) is -0.0203. The van der Waals surface area contributed by atoms with E-state index in [0.29, 0.717) is 12.6 Å². The van der Waals surface area contributed by atoms with E-state index >= 15 is 0 Å². The minimum atomic E-state index is -0.0523. The van der Waals surface area contributed by atoms with Gasteiger partial charge in [0.2, 0.25) is 5.95 Å². The van der Waals surface area contributed by atoms with Crippen molar-refractivity contribution in [2.24, 2.45) is 0 Å². The van der Waals surface area contributed by atoms with Crippen LogP contribution < -0.4 is 10.5 Å². The molecule has 0 bridgehead atoms. The maximum Gasteiger partial charge on any atom is 0.256 e. The van der Waals surface area contributed by atoms with Crippen molar-refractivity contribution in [3.8, 4) is 0 Å². The van der Waals surface area contributed by atoms with Crippen molar-refractivity contribution in [2.75, 3.05) is 18.1 Å². The molecule has 2 aliphatic rings. The molecule has 3 rings (SSSR count). The van der Waals surface area contributed by atoms with E-state index in [1.54, 1.807) is 4.57 Å². The number of hydrogen-bond acceptors (Lipinski definition) is 4. The second-order valence-electron chi connectivity index (χ2n) is 6.31. The number of ether oxygens (including phenoxy) is 1. The Bertz CT molecular complexity index is 579. The summed E-state index contributed by atoms with van der Waals surface area (Å²) in [5.74, 6) is 0.710. The maximum atomic E-state index is 12.2. The highest BCUT2D eigenvalue weighted by Crippen LogP contribution is 2.43. The highest BCUT2D eigenvalue weighted by Gasteiger charge is 2.46. The summed E-state index contributed by atoms with van der Waals surface area (Å²) in [6.45, 7) is 6.19. The van der Waals surface area contributed by atoms with Gasteiger partial charge in [-0.15, -0.1) is 0 Å². The number of nitrogens with zero attached hydrogens (tertiary/aromatic N) is 3. The van der Waals surface area contributed by atoms with Gasteiger partial charge < -0.3 is 9.64 Å². The molecule has 1 aromatic heterocycles. The lowest BCUT2D eigenvalue weighted by Gasteiger charge is -2.35. The van der Waals surface area contributed by atoms with Crippen LogP contribution in [0.25, 0.3) is 0 Å². The molecule has 1 saturated carbocycles.